The van der Waals surface area contributed by atoms with Gasteiger partial charge in [-0.15, -0.1) is 0 Å². The number of hydrogen-bond acceptors (Lipinski definition) is 5. The van der Waals surface area contributed by atoms with E-state index in [1.807, 2.05) is 4.90 Å². The molecule has 8 heteroatoms. The van der Waals surface area contributed by atoms with Crippen LogP contribution < -0.4 is 9.47 Å². The van der Waals surface area contributed by atoms with E-state index in [-0.39, 0.29) is 11.8 Å². The summed E-state index contributed by atoms with van der Waals surface area (Å²) in [7, 11) is 4.64. The third-order valence-electron chi connectivity index (χ3n) is 6.89. The number of likely N-dealkylation sites (N-methyl/N-ethyl adjacent to an activating group) is 1. The molecule has 2 aliphatic rings. The minimum Gasteiger partial charge on any atom is -0.493 e. The zero-order valence-corrected chi connectivity index (χ0v) is 20.2. The molecule has 0 aliphatic carbocycles. The SMILES string of the molecule is CCCN1CCN(C(=O)C2c3cc(OC)c(OC)cc3C(=O)N(C)C2c2ccccc2F)CC1. The van der Waals surface area contributed by atoms with Crippen molar-refractivity contribution in [1.29, 1.82) is 0 Å². The second kappa shape index (κ2) is 10.0. The zero-order chi connectivity index (χ0) is 24.4. The summed E-state index contributed by atoms with van der Waals surface area (Å²) in [4.78, 5) is 33.1. The highest BCUT2D eigenvalue weighted by atomic mass is 19.1. The van der Waals surface area contributed by atoms with Crippen molar-refractivity contribution in [2.45, 2.75) is 25.3 Å². The molecular weight excluding hydrogens is 437 g/mol. The molecule has 4 rings (SSSR count). The molecule has 1 saturated heterocycles. The Bertz CT molecular complexity index is 1070. The van der Waals surface area contributed by atoms with Crippen LogP contribution in [0, 0.1) is 5.82 Å². The topological polar surface area (TPSA) is 62.3 Å². The van der Waals surface area contributed by atoms with Gasteiger partial charge in [-0.3, -0.25) is 14.5 Å². The summed E-state index contributed by atoms with van der Waals surface area (Å²) in [5.41, 5.74) is 1.23. The molecule has 0 spiro atoms. The fraction of sp³-hybridized carbons (Fsp3) is 0.462. The molecule has 0 saturated carbocycles. The standard InChI is InChI=1S/C26H32FN3O4/c1-5-10-29-11-13-30(14-12-29)26(32)23-18-15-21(33-3)22(34-4)16-19(18)25(31)28(2)24(23)17-8-6-7-9-20(17)27/h6-9,15-16,23-24H,5,10-14H2,1-4H3. The highest BCUT2D eigenvalue weighted by molar-refractivity contribution is 6.02. The van der Waals surface area contributed by atoms with Gasteiger partial charge in [0.15, 0.2) is 11.5 Å². The summed E-state index contributed by atoms with van der Waals surface area (Å²) >= 11 is 0. The molecule has 2 atom stereocenters. The van der Waals surface area contributed by atoms with Crippen LogP contribution in [0.15, 0.2) is 36.4 Å². The van der Waals surface area contributed by atoms with Gasteiger partial charge in [0.25, 0.3) is 5.91 Å². The van der Waals surface area contributed by atoms with Gasteiger partial charge in [0, 0.05) is 44.4 Å². The van der Waals surface area contributed by atoms with E-state index in [1.54, 1.807) is 37.4 Å². The summed E-state index contributed by atoms with van der Waals surface area (Å²) in [5.74, 6) is -0.782. The number of carbonyl (C=O) groups is 2. The van der Waals surface area contributed by atoms with Gasteiger partial charge in [0.05, 0.1) is 26.2 Å². The summed E-state index contributed by atoms with van der Waals surface area (Å²) in [6.07, 6.45) is 1.06. The van der Waals surface area contributed by atoms with Gasteiger partial charge in [-0.05, 0) is 36.7 Å². The van der Waals surface area contributed by atoms with Gasteiger partial charge in [-0.1, -0.05) is 25.1 Å². The Balaban J connectivity index is 1.82. The maximum absolute atomic E-state index is 15.0. The number of rotatable bonds is 6. The Morgan fingerprint density at radius 1 is 1.03 bits per heavy atom. The second-order valence-corrected chi connectivity index (χ2v) is 8.82. The van der Waals surface area contributed by atoms with E-state index in [2.05, 4.69) is 11.8 Å². The normalized spacial score (nSPS) is 20.8. The van der Waals surface area contributed by atoms with E-state index < -0.39 is 17.8 Å². The first kappa shape index (κ1) is 24.0. The smallest absolute Gasteiger partial charge is 0.254 e. The lowest BCUT2D eigenvalue weighted by atomic mass is 9.78. The molecule has 0 N–H and O–H groups in total. The van der Waals surface area contributed by atoms with Gasteiger partial charge < -0.3 is 19.3 Å². The molecular formula is C26H32FN3O4. The van der Waals surface area contributed by atoms with Crippen LogP contribution in [0.2, 0.25) is 0 Å². The van der Waals surface area contributed by atoms with Crippen LogP contribution in [0.4, 0.5) is 4.39 Å². The highest BCUT2D eigenvalue weighted by Gasteiger charge is 2.46. The van der Waals surface area contributed by atoms with Gasteiger partial charge >= 0.3 is 0 Å². The van der Waals surface area contributed by atoms with Crippen LogP contribution >= 0.6 is 0 Å². The fourth-order valence-corrected chi connectivity index (χ4v) is 5.12. The molecule has 0 radical (unpaired) electrons. The lowest BCUT2D eigenvalue weighted by Crippen LogP contribution is -2.53. The Kier molecular flexibility index (Phi) is 7.07. The van der Waals surface area contributed by atoms with E-state index in [9.17, 15) is 9.59 Å². The van der Waals surface area contributed by atoms with Gasteiger partial charge in [-0.2, -0.15) is 0 Å². The molecule has 34 heavy (non-hydrogen) atoms. The maximum Gasteiger partial charge on any atom is 0.254 e. The first-order valence-electron chi connectivity index (χ1n) is 11.7. The number of methoxy groups -OCH3 is 2. The van der Waals surface area contributed by atoms with E-state index in [0.29, 0.717) is 41.3 Å². The number of fused-ring (bicyclic) bond motifs is 1. The van der Waals surface area contributed by atoms with Crippen molar-refractivity contribution in [3.63, 3.8) is 0 Å². The predicted octanol–water partition coefficient (Wildman–Crippen LogP) is 3.31. The van der Waals surface area contributed by atoms with Crippen LogP contribution in [-0.2, 0) is 4.79 Å². The fourth-order valence-electron chi connectivity index (χ4n) is 5.12. The average molecular weight is 470 g/mol. The third kappa shape index (κ3) is 4.22. The summed E-state index contributed by atoms with van der Waals surface area (Å²) in [6, 6.07) is 8.88. The largest absolute Gasteiger partial charge is 0.493 e. The van der Waals surface area contributed by atoms with Crippen molar-refractivity contribution in [2.24, 2.45) is 0 Å². The summed E-state index contributed by atoms with van der Waals surface area (Å²) < 4.78 is 25.9. The van der Waals surface area contributed by atoms with Crippen molar-refractivity contribution < 1.29 is 23.5 Å². The molecule has 2 aliphatic heterocycles. The van der Waals surface area contributed by atoms with Crippen LogP contribution in [0.5, 0.6) is 11.5 Å². The van der Waals surface area contributed by atoms with Crippen LogP contribution in [0.25, 0.3) is 0 Å². The van der Waals surface area contributed by atoms with Crippen molar-refractivity contribution in [1.82, 2.24) is 14.7 Å². The quantitative estimate of drug-likeness (QED) is 0.650. The van der Waals surface area contributed by atoms with Crippen LogP contribution in [-0.4, -0.2) is 80.5 Å². The van der Waals surface area contributed by atoms with Gasteiger partial charge in [0.1, 0.15) is 5.82 Å². The van der Waals surface area contributed by atoms with Crippen LogP contribution in [0.3, 0.4) is 0 Å². The number of carbonyl (C=O) groups excluding carboxylic acids is 2. The Hall–Kier alpha value is -3.13. The number of hydrogen-bond donors (Lipinski definition) is 0. The number of piperazine rings is 1. The zero-order valence-electron chi connectivity index (χ0n) is 20.2. The van der Waals surface area contributed by atoms with Crippen molar-refractivity contribution in [3.8, 4) is 11.5 Å². The number of benzene rings is 2. The third-order valence-corrected chi connectivity index (χ3v) is 6.89. The molecule has 2 amide bonds. The van der Waals surface area contributed by atoms with Gasteiger partial charge in [-0.25, -0.2) is 4.39 Å². The Morgan fingerprint density at radius 2 is 1.68 bits per heavy atom. The average Bonchev–Trinajstić information content (AvgIpc) is 2.86. The van der Waals surface area contributed by atoms with E-state index in [1.165, 1.54) is 25.2 Å². The number of nitrogens with zero attached hydrogens (tertiary/aromatic N) is 3. The van der Waals surface area contributed by atoms with Gasteiger partial charge in [0.2, 0.25) is 5.91 Å². The monoisotopic (exact) mass is 469 g/mol. The first-order chi connectivity index (χ1) is 16.4. The maximum atomic E-state index is 15.0. The first-order valence-corrected chi connectivity index (χ1v) is 11.7. The van der Waals surface area contributed by atoms with E-state index >= 15 is 4.39 Å². The summed E-state index contributed by atoms with van der Waals surface area (Å²) in [6.45, 7) is 5.93. The number of ether oxygens (including phenoxy) is 2. The second-order valence-electron chi connectivity index (χ2n) is 8.82. The van der Waals surface area contributed by atoms with Crippen molar-refractivity contribution in [2.75, 3.05) is 54.0 Å². The van der Waals surface area contributed by atoms with Crippen molar-refractivity contribution >= 4 is 11.8 Å². The predicted molar refractivity (Wildman–Crippen MR) is 127 cm³/mol. The molecule has 182 valence electrons. The molecule has 7 nitrogen and oxygen atoms in total. The Labute approximate surface area is 200 Å². The van der Waals surface area contributed by atoms with E-state index in [0.717, 1.165) is 26.1 Å². The van der Waals surface area contributed by atoms with Crippen molar-refractivity contribution in [3.05, 3.63) is 58.9 Å². The molecule has 1 fully saturated rings. The van der Waals surface area contributed by atoms with E-state index in [4.69, 9.17) is 9.47 Å². The minimum atomic E-state index is -0.777. The minimum absolute atomic E-state index is 0.114. The molecule has 2 aromatic rings. The molecule has 0 bridgehead atoms. The lowest BCUT2D eigenvalue weighted by Gasteiger charge is -2.43. The molecule has 2 unspecified atom stereocenters. The molecule has 2 aromatic carbocycles. The molecule has 2 heterocycles. The lowest BCUT2D eigenvalue weighted by molar-refractivity contribution is -0.136. The number of halogens is 1. The summed E-state index contributed by atoms with van der Waals surface area (Å²) in [5, 5.41) is 0. The molecule has 0 aromatic heterocycles. The number of amides is 2. The Morgan fingerprint density at radius 3 is 2.29 bits per heavy atom. The highest BCUT2D eigenvalue weighted by Crippen LogP contribution is 2.46. The van der Waals surface area contributed by atoms with Crippen LogP contribution in [0.1, 0.15) is 46.8 Å².